The molecule has 1 saturated heterocycles. The summed E-state index contributed by atoms with van der Waals surface area (Å²) >= 11 is 0. The van der Waals surface area contributed by atoms with Crippen molar-refractivity contribution in [3.05, 3.63) is 29.1 Å². The largest absolute Gasteiger partial charge is 0.480 e. The third-order valence-corrected chi connectivity index (χ3v) is 3.28. The number of aliphatic carboxylic acids is 1. The van der Waals surface area contributed by atoms with Crippen LogP contribution in [-0.4, -0.2) is 50.7 Å². The lowest BCUT2D eigenvalue weighted by Crippen LogP contribution is -2.40. The van der Waals surface area contributed by atoms with Crippen LogP contribution in [0.15, 0.2) is 12.1 Å². The molecule has 1 fully saturated rings. The minimum atomic E-state index is -1.09. The Balaban J connectivity index is 2.30. The predicted octanol–water partition coefficient (Wildman–Crippen LogP) is 0.358. The summed E-state index contributed by atoms with van der Waals surface area (Å²) in [4.78, 5) is 28.9. The molecule has 1 aromatic heterocycles. The fraction of sp³-hybridized carbons (Fsp3) is 0.462. The molecule has 2 N–H and O–H groups in total. The number of pyridine rings is 1. The van der Waals surface area contributed by atoms with Crippen LogP contribution in [0.5, 0.6) is 0 Å². The molecule has 2 atom stereocenters. The molecule has 0 radical (unpaired) electrons. The summed E-state index contributed by atoms with van der Waals surface area (Å²) in [6.07, 6.45) is -0.719. The maximum atomic E-state index is 12.4. The Morgan fingerprint density at radius 3 is 2.63 bits per heavy atom. The number of carboxylic acids is 1. The molecular weight excluding hydrogens is 248 g/mol. The van der Waals surface area contributed by atoms with Gasteiger partial charge in [0, 0.05) is 18.7 Å². The molecular formula is C13H16N2O4. The fourth-order valence-corrected chi connectivity index (χ4v) is 2.34. The lowest BCUT2D eigenvalue weighted by Gasteiger charge is -2.21. The first-order valence-corrected chi connectivity index (χ1v) is 6.06. The quantitative estimate of drug-likeness (QED) is 0.804. The van der Waals surface area contributed by atoms with Crippen molar-refractivity contribution in [2.75, 3.05) is 6.54 Å². The Bertz CT molecular complexity index is 529. The maximum Gasteiger partial charge on any atom is 0.326 e. The van der Waals surface area contributed by atoms with E-state index in [4.69, 9.17) is 5.11 Å². The van der Waals surface area contributed by atoms with Crippen molar-refractivity contribution in [1.82, 2.24) is 9.88 Å². The highest BCUT2D eigenvalue weighted by molar-refractivity contribution is 5.97. The molecule has 0 saturated carbocycles. The molecule has 2 heterocycles. The molecule has 0 spiro atoms. The number of nitrogens with zero attached hydrogens (tertiary/aromatic N) is 2. The predicted molar refractivity (Wildman–Crippen MR) is 66.8 cm³/mol. The molecule has 1 aromatic rings. The minimum Gasteiger partial charge on any atom is -0.480 e. The van der Waals surface area contributed by atoms with E-state index in [1.165, 1.54) is 4.90 Å². The Kier molecular flexibility index (Phi) is 3.53. The van der Waals surface area contributed by atoms with E-state index in [9.17, 15) is 14.7 Å². The van der Waals surface area contributed by atoms with Crippen molar-refractivity contribution in [2.45, 2.75) is 32.4 Å². The number of aliphatic hydroxyl groups excluding tert-OH is 1. The van der Waals surface area contributed by atoms with E-state index in [-0.39, 0.29) is 13.0 Å². The number of amides is 1. The second-order valence-corrected chi connectivity index (χ2v) is 4.79. The zero-order valence-corrected chi connectivity index (χ0v) is 10.8. The van der Waals surface area contributed by atoms with Crippen LogP contribution in [0.4, 0.5) is 0 Å². The summed E-state index contributed by atoms with van der Waals surface area (Å²) < 4.78 is 0. The number of carbonyl (C=O) groups is 2. The zero-order chi connectivity index (χ0) is 14.2. The number of carbonyl (C=O) groups excluding carboxylic acids is 1. The number of β-amino-alcohol motifs (C(OH)–C–C–N with tert-alkyl or cyclic N) is 1. The van der Waals surface area contributed by atoms with E-state index in [0.29, 0.717) is 11.3 Å². The first-order chi connectivity index (χ1) is 8.90. The van der Waals surface area contributed by atoms with E-state index >= 15 is 0 Å². The van der Waals surface area contributed by atoms with Gasteiger partial charge in [-0.3, -0.25) is 9.78 Å². The van der Waals surface area contributed by atoms with Crippen LogP contribution < -0.4 is 0 Å². The Morgan fingerprint density at radius 2 is 2.05 bits per heavy atom. The number of hydrogen-bond donors (Lipinski definition) is 2. The number of aryl methyl sites for hydroxylation is 2. The van der Waals surface area contributed by atoms with Crippen LogP contribution in [0.2, 0.25) is 0 Å². The Labute approximate surface area is 110 Å². The van der Waals surface area contributed by atoms with Gasteiger partial charge in [-0.25, -0.2) is 4.79 Å². The molecule has 6 nitrogen and oxygen atoms in total. The third-order valence-electron chi connectivity index (χ3n) is 3.28. The van der Waals surface area contributed by atoms with Crippen molar-refractivity contribution in [3.63, 3.8) is 0 Å². The first-order valence-electron chi connectivity index (χ1n) is 6.06. The van der Waals surface area contributed by atoms with Crippen LogP contribution in [-0.2, 0) is 4.79 Å². The number of carboxylic acid groups (broad SMARTS) is 1. The Hall–Kier alpha value is -1.95. The lowest BCUT2D eigenvalue weighted by atomic mass is 10.1. The summed E-state index contributed by atoms with van der Waals surface area (Å²) in [5.74, 6) is -1.49. The summed E-state index contributed by atoms with van der Waals surface area (Å²) in [5, 5.41) is 18.6. The van der Waals surface area contributed by atoms with Gasteiger partial charge in [-0.05, 0) is 26.0 Å². The SMILES string of the molecule is Cc1ccc(C(=O)N2CC(O)CC2C(=O)O)c(C)n1. The van der Waals surface area contributed by atoms with Gasteiger partial charge in [0.1, 0.15) is 6.04 Å². The molecule has 6 heteroatoms. The highest BCUT2D eigenvalue weighted by Gasteiger charge is 2.39. The van der Waals surface area contributed by atoms with Crippen molar-refractivity contribution >= 4 is 11.9 Å². The molecule has 2 unspecified atom stereocenters. The van der Waals surface area contributed by atoms with Gasteiger partial charge in [0.05, 0.1) is 17.4 Å². The second-order valence-electron chi connectivity index (χ2n) is 4.79. The molecule has 1 amide bonds. The summed E-state index contributed by atoms with van der Waals surface area (Å²) in [7, 11) is 0. The molecule has 0 aliphatic carbocycles. The van der Waals surface area contributed by atoms with Crippen LogP contribution in [0, 0.1) is 13.8 Å². The lowest BCUT2D eigenvalue weighted by molar-refractivity contribution is -0.141. The summed E-state index contributed by atoms with van der Waals surface area (Å²) in [5.41, 5.74) is 1.74. The maximum absolute atomic E-state index is 12.4. The molecule has 2 rings (SSSR count). The van der Waals surface area contributed by atoms with Crippen molar-refractivity contribution < 1.29 is 19.8 Å². The molecule has 19 heavy (non-hydrogen) atoms. The highest BCUT2D eigenvalue weighted by atomic mass is 16.4. The van der Waals surface area contributed by atoms with Gasteiger partial charge in [0.15, 0.2) is 0 Å². The van der Waals surface area contributed by atoms with Gasteiger partial charge in [-0.15, -0.1) is 0 Å². The topological polar surface area (TPSA) is 90.7 Å². The Morgan fingerprint density at radius 1 is 1.37 bits per heavy atom. The number of likely N-dealkylation sites (tertiary alicyclic amines) is 1. The van der Waals surface area contributed by atoms with E-state index in [1.54, 1.807) is 19.1 Å². The molecule has 1 aliphatic rings. The number of aliphatic hydroxyl groups is 1. The average molecular weight is 264 g/mol. The van der Waals surface area contributed by atoms with Crippen molar-refractivity contribution in [1.29, 1.82) is 0 Å². The fourth-order valence-electron chi connectivity index (χ4n) is 2.34. The zero-order valence-electron chi connectivity index (χ0n) is 10.8. The van der Waals surface area contributed by atoms with E-state index in [2.05, 4.69) is 4.98 Å². The molecule has 102 valence electrons. The summed E-state index contributed by atoms with van der Waals surface area (Å²) in [6.45, 7) is 3.58. The molecule has 1 aliphatic heterocycles. The number of aromatic nitrogens is 1. The highest BCUT2D eigenvalue weighted by Crippen LogP contribution is 2.22. The number of rotatable bonds is 2. The van der Waals surface area contributed by atoms with Gasteiger partial charge < -0.3 is 15.1 Å². The van der Waals surface area contributed by atoms with E-state index in [0.717, 1.165) is 5.69 Å². The smallest absolute Gasteiger partial charge is 0.326 e. The molecule has 0 bridgehead atoms. The minimum absolute atomic E-state index is 0.0448. The third kappa shape index (κ3) is 2.58. The van der Waals surface area contributed by atoms with Gasteiger partial charge in [-0.2, -0.15) is 0 Å². The van der Waals surface area contributed by atoms with Gasteiger partial charge in [-0.1, -0.05) is 0 Å². The van der Waals surface area contributed by atoms with E-state index < -0.39 is 24.0 Å². The standard InChI is InChI=1S/C13H16N2O4/c1-7-3-4-10(8(2)14-7)12(17)15-6-9(16)5-11(15)13(18)19/h3-4,9,11,16H,5-6H2,1-2H3,(H,18,19). The van der Waals surface area contributed by atoms with Crippen molar-refractivity contribution in [3.8, 4) is 0 Å². The number of hydrogen-bond acceptors (Lipinski definition) is 4. The molecule has 0 aromatic carbocycles. The average Bonchev–Trinajstić information content (AvgIpc) is 2.70. The van der Waals surface area contributed by atoms with Crippen LogP contribution in [0.25, 0.3) is 0 Å². The monoisotopic (exact) mass is 264 g/mol. The van der Waals surface area contributed by atoms with E-state index in [1.807, 2.05) is 6.92 Å². The van der Waals surface area contributed by atoms with Crippen LogP contribution in [0.1, 0.15) is 28.2 Å². The first kappa shape index (κ1) is 13.5. The van der Waals surface area contributed by atoms with Gasteiger partial charge in [0.2, 0.25) is 0 Å². The van der Waals surface area contributed by atoms with Gasteiger partial charge >= 0.3 is 5.97 Å². The summed E-state index contributed by atoms with van der Waals surface area (Å²) in [6, 6.07) is 2.38. The van der Waals surface area contributed by atoms with Crippen LogP contribution >= 0.6 is 0 Å². The van der Waals surface area contributed by atoms with Crippen LogP contribution in [0.3, 0.4) is 0 Å². The normalized spacial score (nSPS) is 22.6. The van der Waals surface area contributed by atoms with Crippen molar-refractivity contribution in [2.24, 2.45) is 0 Å². The van der Waals surface area contributed by atoms with Gasteiger partial charge in [0.25, 0.3) is 5.91 Å². The second kappa shape index (κ2) is 4.97.